The van der Waals surface area contributed by atoms with Crippen LogP contribution in [0.25, 0.3) is 0 Å². The van der Waals surface area contributed by atoms with Crippen molar-refractivity contribution in [2.75, 3.05) is 26.5 Å². The summed E-state index contributed by atoms with van der Waals surface area (Å²) >= 11 is 1.87. The normalized spacial score (nSPS) is 28.1. The Labute approximate surface area is 120 Å². The minimum absolute atomic E-state index is 0.00893. The van der Waals surface area contributed by atoms with Crippen LogP contribution in [0, 0.1) is 5.41 Å². The number of carbonyl (C=O) groups excluding carboxylic acids is 1. The number of carbonyl (C=O) groups is 1. The highest BCUT2D eigenvalue weighted by atomic mass is 32.2. The molecular weight excluding hydrogens is 260 g/mol. The highest BCUT2D eigenvalue weighted by Crippen LogP contribution is 2.48. The molecule has 0 bridgehead atoms. The van der Waals surface area contributed by atoms with Crippen LogP contribution in [-0.2, 0) is 4.74 Å². The lowest BCUT2D eigenvalue weighted by atomic mass is 10.0. The van der Waals surface area contributed by atoms with Gasteiger partial charge in [0.1, 0.15) is 0 Å². The Bertz CT molecular complexity index is 308. The maximum absolute atomic E-state index is 11.9. The summed E-state index contributed by atoms with van der Waals surface area (Å²) in [7, 11) is 1.73. The van der Waals surface area contributed by atoms with Crippen molar-refractivity contribution in [1.82, 2.24) is 10.6 Å². The molecule has 110 valence electrons. The third kappa shape index (κ3) is 4.28. The summed E-state index contributed by atoms with van der Waals surface area (Å²) in [5.74, 6) is 0. The summed E-state index contributed by atoms with van der Waals surface area (Å²) in [6.45, 7) is 1.58. The number of nitrogens with one attached hydrogen (secondary N) is 2. The highest BCUT2D eigenvalue weighted by molar-refractivity contribution is 7.99. The third-order valence-electron chi connectivity index (χ3n) is 4.49. The van der Waals surface area contributed by atoms with Crippen molar-refractivity contribution in [3.8, 4) is 0 Å². The number of ether oxygens (including phenoxy) is 1. The Morgan fingerprint density at radius 3 is 2.84 bits per heavy atom. The molecule has 2 atom stereocenters. The molecule has 0 spiro atoms. The van der Waals surface area contributed by atoms with E-state index < -0.39 is 0 Å². The van der Waals surface area contributed by atoms with Gasteiger partial charge in [0.15, 0.2) is 0 Å². The predicted octanol–water partition coefficient (Wildman–Crippen LogP) is 2.39. The lowest BCUT2D eigenvalue weighted by molar-refractivity contribution is 0.171. The van der Waals surface area contributed by atoms with E-state index in [9.17, 15) is 4.79 Å². The van der Waals surface area contributed by atoms with Gasteiger partial charge in [0.25, 0.3) is 0 Å². The fourth-order valence-electron chi connectivity index (χ4n) is 2.87. The first-order valence-corrected chi connectivity index (χ1v) is 8.54. The summed E-state index contributed by atoms with van der Waals surface area (Å²) < 4.78 is 5.13. The summed E-state index contributed by atoms with van der Waals surface area (Å²) in [5, 5.41) is 6.78. The molecule has 0 radical (unpaired) electrons. The Morgan fingerprint density at radius 2 is 2.21 bits per heavy atom. The molecule has 0 aromatic rings. The Hall–Kier alpha value is -0.420. The molecule has 2 saturated carbocycles. The van der Waals surface area contributed by atoms with Crippen LogP contribution in [0.2, 0.25) is 0 Å². The van der Waals surface area contributed by atoms with E-state index in [1.54, 1.807) is 7.11 Å². The second kappa shape index (κ2) is 6.84. The molecule has 2 aliphatic carbocycles. The first-order valence-electron chi connectivity index (χ1n) is 7.25. The lowest BCUT2D eigenvalue weighted by Gasteiger charge is -2.21. The fraction of sp³-hybridized carbons (Fsp3) is 0.929. The molecule has 0 unspecified atom stereocenters. The monoisotopic (exact) mass is 286 g/mol. The van der Waals surface area contributed by atoms with Gasteiger partial charge in [0, 0.05) is 31.6 Å². The second-order valence-electron chi connectivity index (χ2n) is 5.88. The quantitative estimate of drug-likeness (QED) is 0.755. The van der Waals surface area contributed by atoms with Crippen LogP contribution in [0.5, 0.6) is 0 Å². The zero-order chi connectivity index (χ0) is 13.7. The largest absolute Gasteiger partial charge is 0.385 e. The van der Waals surface area contributed by atoms with Crippen LogP contribution in [0.15, 0.2) is 0 Å². The lowest BCUT2D eigenvalue weighted by Crippen LogP contribution is -2.46. The molecule has 2 rings (SSSR count). The second-order valence-corrected chi connectivity index (χ2v) is 6.96. The number of methoxy groups -OCH3 is 1. The van der Waals surface area contributed by atoms with E-state index in [1.807, 2.05) is 11.8 Å². The SMILES string of the molecule is COCCC1(CNC(=O)N[C@H]2CCC[C@@H]2SC)CC1. The van der Waals surface area contributed by atoms with Gasteiger partial charge in [-0.05, 0) is 43.8 Å². The van der Waals surface area contributed by atoms with E-state index in [2.05, 4.69) is 16.9 Å². The van der Waals surface area contributed by atoms with E-state index in [4.69, 9.17) is 4.74 Å². The molecule has 0 aromatic carbocycles. The van der Waals surface area contributed by atoms with E-state index in [0.717, 1.165) is 26.0 Å². The van der Waals surface area contributed by atoms with Crippen LogP contribution >= 0.6 is 11.8 Å². The minimum atomic E-state index is 0.00893. The number of urea groups is 1. The summed E-state index contributed by atoms with van der Waals surface area (Å²) in [6, 6.07) is 0.360. The fourth-order valence-corrected chi connectivity index (χ4v) is 3.81. The molecule has 19 heavy (non-hydrogen) atoms. The van der Waals surface area contributed by atoms with E-state index in [1.165, 1.54) is 25.7 Å². The van der Waals surface area contributed by atoms with Crippen molar-refractivity contribution >= 4 is 17.8 Å². The van der Waals surface area contributed by atoms with Crippen LogP contribution in [0.4, 0.5) is 4.79 Å². The number of rotatable bonds is 7. The number of hydrogen-bond acceptors (Lipinski definition) is 3. The number of thioether (sulfide) groups is 1. The molecule has 0 heterocycles. The van der Waals surface area contributed by atoms with Crippen LogP contribution in [0.3, 0.4) is 0 Å². The van der Waals surface area contributed by atoms with Crippen LogP contribution in [0.1, 0.15) is 38.5 Å². The molecule has 2 N–H and O–H groups in total. The molecule has 4 nitrogen and oxygen atoms in total. The van der Waals surface area contributed by atoms with Crippen LogP contribution < -0.4 is 10.6 Å². The summed E-state index contributed by atoms with van der Waals surface area (Å²) in [4.78, 5) is 11.9. The van der Waals surface area contributed by atoms with E-state index >= 15 is 0 Å². The topological polar surface area (TPSA) is 50.4 Å². The molecule has 0 aromatic heterocycles. The molecule has 2 amide bonds. The van der Waals surface area contributed by atoms with Crippen molar-refractivity contribution in [3.05, 3.63) is 0 Å². The molecule has 2 aliphatic rings. The van der Waals surface area contributed by atoms with Crippen molar-refractivity contribution in [2.45, 2.75) is 49.8 Å². The summed E-state index contributed by atoms with van der Waals surface area (Å²) in [5.41, 5.74) is 0.321. The van der Waals surface area contributed by atoms with Crippen LogP contribution in [-0.4, -0.2) is 43.8 Å². The highest BCUT2D eigenvalue weighted by Gasteiger charge is 2.42. The average Bonchev–Trinajstić information content (AvgIpc) is 3.06. The predicted molar refractivity (Wildman–Crippen MR) is 79.6 cm³/mol. The number of hydrogen-bond donors (Lipinski definition) is 2. The van der Waals surface area contributed by atoms with E-state index in [0.29, 0.717) is 16.7 Å². The number of amides is 2. The summed E-state index contributed by atoms with van der Waals surface area (Å²) in [6.07, 6.45) is 9.19. The van der Waals surface area contributed by atoms with Gasteiger partial charge in [-0.2, -0.15) is 11.8 Å². The van der Waals surface area contributed by atoms with Gasteiger partial charge in [-0.15, -0.1) is 0 Å². The Kier molecular flexibility index (Phi) is 5.39. The van der Waals surface area contributed by atoms with Gasteiger partial charge < -0.3 is 15.4 Å². The van der Waals surface area contributed by atoms with Crippen molar-refractivity contribution in [3.63, 3.8) is 0 Å². The average molecular weight is 286 g/mol. The first kappa shape index (κ1) is 15.0. The minimum Gasteiger partial charge on any atom is -0.385 e. The Morgan fingerprint density at radius 1 is 1.42 bits per heavy atom. The Balaban J connectivity index is 1.67. The van der Waals surface area contributed by atoms with Gasteiger partial charge in [-0.25, -0.2) is 4.79 Å². The van der Waals surface area contributed by atoms with Gasteiger partial charge in [0.05, 0.1) is 0 Å². The van der Waals surface area contributed by atoms with Gasteiger partial charge in [0.2, 0.25) is 0 Å². The zero-order valence-corrected chi connectivity index (χ0v) is 12.9. The molecule has 2 fully saturated rings. The molecule has 5 heteroatoms. The third-order valence-corrected chi connectivity index (χ3v) is 5.66. The van der Waals surface area contributed by atoms with Crippen molar-refractivity contribution < 1.29 is 9.53 Å². The molecule has 0 aliphatic heterocycles. The zero-order valence-electron chi connectivity index (χ0n) is 12.0. The van der Waals surface area contributed by atoms with Gasteiger partial charge >= 0.3 is 6.03 Å². The van der Waals surface area contributed by atoms with Crippen molar-refractivity contribution in [2.24, 2.45) is 5.41 Å². The van der Waals surface area contributed by atoms with E-state index in [-0.39, 0.29) is 6.03 Å². The van der Waals surface area contributed by atoms with Gasteiger partial charge in [-0.1, -0.05) is 6.42 Å². The first-order chi connectivity index (χ1) is 9.19. The van der Waals surface area contributed by atoms with Crippen molar-refractivity contribution in [1.29, 1.82) is 0 Å². The maximum Gasteiger partial charge on any atom is 0.315 e. The molecule has 0 saturated heterocycles. The molecular formula is C14H26N2O2S. The maximum atomic E-state index is 11.9. The smallest absolute Gasteiger partial charge is 0.315 e. The standard InChI is InChI=1S/C14H26N2O2S/c1-18-9-8-14(6-7-14)10-15-13(17)16-11-4-3-5-12(11)19-2/h11-12H,3-10H2,1-2H3,(H2,15,16,17)/t11-,12-/m0/s1. The van der Waals surface area contributed by atoms with Gasteiger partial charge in [-0.3, -0.25) is 0 Å².